The summed E-state index contributed by atoms with van der Waals surface area (Å²) in [5, 5.41) is 3.32. The van der Waals surface area contributed by atoms with Gasteiger partial charge in [0.05, 0.1) is 12.7 Å². The Labute approximate surface area is 114 Å². The number of benzene rings is 1. The molecule has 1 N–H and O–H groups in total. The van der Waals surface area contributed by atoms with E-state index in [1.54, 1.807) is 6.07 Å². The van der Waals surface area contributed by atoms with Gasteiger partial charge in [-0.25, -0.2) is 9.18 Å². The van der Waals surface area contributed by atoms with E-state index in [2.05, 4.69) is 23.9 Å². The molecule has 0 aliphatic rings. The predicted octanol–water partition coefficient (Wildman–Crippen LogP) is 3.99. The molecule has 0 amide bonds. The van der Waals surface area contributed by atoms with Crippen molar-refractivity contribution in [1.82, 2.24) is 0 Å². The zero-order valence-electron chi connectivity index (χ0n) is 11.8. The third-order valence-electron chi connectivity index (χ3n) is 3.02. The Morgan fingerprint density at radius 1 is 1.32 bits per heavy atom. The molecule has 0 atom stereocenters. The second kappa shape index (κ2) is 7.77. The van der Waals surface area contributed by atoms with Crippen LogP contribution in [0.15, 0.2) is 18.2 Å². The number of esters is 1. The summed E-state index contributed by atoms with van der Waals surface area (Å²) in [5.41, 5.74) is 0.889. The summed E-state index contributed by atoms with van der Waals surface area (Å²) in [6.07, 6.45) is 4.16. The fraction of sp³-hybridized carbons (Fsp3) is 0.533. The van der Waals surface area contributed by atoms with Gasteiger partial charge in [-0.05, 0) is 31.0 Å². The van der Waals surface area contributed by atoms with Gasteiger partial charge in [-0.2, -0.15) is 0 Å². The van der Waals surface area contributed by atoms with E-state index in [-0.39, 0.29) is 5.56 Å². The van der Waals surface area contributed by atoms with Gasteiger partial charge in [0.2, 0.25) is 0 Å². The van der Waals surface area contributed by atoms with Crippen LogP contribution in [0, 0.1) is 5.82 Å². The molecule has 1 aromatic carbocycles. The highest BCUT2D eigenvalue weighted by Crippen LogP contribution is 2.21. The van der Waals surface area contributed by atoms with Crippen molar-refractivity contribution >= 4 is 11.7 Å². The zero-order chi connectivity index (χ0) is 14.3. The van der Waals surface area contributed by atoms with Crippen molar-refractivity contribution in [2.24, 2.45) is 0 Å². The monoisotopic (exact) mass is 267 g/mol. The fourth-order valence-corrected chi connectivity index (χ4v) is 2.13. The van der Waals surface area contributed by atoms with Gasteiger partial charge in [0, 0.05) is 11.7 Å². The molecule has 0 heterocycles. The van der Waals surface area contributed by atoms with E-state index >= 15 is 0 Å². The van der Waals surface area contributed by atoms with Crippen molar-refractivity contribution in [3.05, 3.63) is 29.6 Å². The van der Waals surface area contributed by atoms with Gasteiger partial charge in [0.15, 0.2) is 0 Å². The first-order valence-corrected chi connectivity index (χ1v) is 6.76. The largest absolute Gasteiger partial charge is 0.465 e. The maximum atomic E-state index is 13.2. The van der Waals surface area contributed by atoms with Crippen LogP contribution in [0.4, 0.5) is 10.1 Å². The molecule has 106 valence electrons. The number of hydrogen-bond donors (Lipinski definition) is 1. The van der Waals surface area contributed by atoms with Gasteiger partial charge in [0.1, 0.15) is 5.82 Å². The lowest BCUT2D eigenvalue weighted by molar-refractivity contribution is 0.0601. The van der Waals surface area contributed by atoms with E-state index in [0.29, 0.717) is 11.7 Å². The molecule has 1 aromatic rings. The van der Waals surface area contributed by atoms with Crippen LogP contribution in [0.2, 0.25) is 0 Å². The summed E-state index contributed by atoms with van der Waals surface area (Å²) in [4.78, 5) is 11.7. The Morgan fingerprint density at radius 2 is 1.95 bits per heavy atom. The van der Waals surface area contributed by atoms with Crippen LogP contribution in [0.25, 0.3) is 0 Å². The number of anilines is 1. The second-order valence-electron chi connectivity index (χ2n) is 4.60. The molecule has 0 aliphatic carbocycles. The van der Waals surface area contributed by atoms with Crippen LogP contribution < -0.4 is 5.32 Å². The summed E-state index contributed by atoms with van der Waals surface area (Å²) in [6.45, 7) is 4.24. The molecule has 0 fully saturated rings. The minimum absolute atomic E-state index is 0.250. The number of carbonyl (C=O) groups excluding carboxylic acids is 1. The van der Waals surface area contributed by atoms with Gasteiger partial charge in [-0.1, -0.05) is 26.7 Å². The van der Waals surface area contributed by atoms with Crippen LogP contribution in [0.3, 0.4) is 0 Å². The molecule has 0 unspecified atom stereocenters. The molecule has 3 nitrogen and oxygen atoms in total. The lowest BCUT2D eigenvalue weighted by Crippen LogP contribution is -2.21. The van der Waals surface area contributed by atoms with Crippen LogP contribution in [0.1, 0.15) is 49.9 Å². The van der Waals surface area contributed by atoms with Crippen molar-refractivity contribution in [3.8, 4) is 0 Å². The molecule has 0 aromatic heterocycles. The van der Waals surface area contributed by atoms with Crippen molar-refractivity contribution in [2.75, 3.05) is 12.4 Å². The number of methoxy groups -OCH3 is 1. The summed E-state index contributed by atoms with van der Waals surface area (Å²) >= 11 is 0. The average Bonchev–Trinajstić information content (AvgIpc) is 2.40. The Balaban J connectivity index is 2.94. The third-order valence-corrected chi connectivity index (χ3v) is 3.02. The lowest BCUT2D eigenvalue weighted by atomic mass is 10.0. The summed E-state index contributed by atoms with van der Waals surface area (Å²) in [7, 11) is 1.30. The van der Waals surface area contributed by atoms with Crippen molar-refractivity contribution < 1.29 is 13.9 Å². The first-order chi connectivity index (χ1) is 9.12. The van der Waals surface area contributed by atoms with Gasteiger partial charge in [-0.3, -0.25) is 0 Å². The number of carbonyl (C=O) groups is 1. The van der Waals surface area contributed by atoms with Crippen LogP contribution >= 0.6 is 0 Å². The summed E-state index contributed by atoms with van der Waals surface area (Å²) < 4.78 is 17.9. The van der Waals surface area contributed by atoms with Crippen molar-refractivity contribution in [1.29, 1.82) is 0 Å². The smallest absolute Gasteiger partial charge is 0.340 e. The van der Waals surface area contributed by atoms with Gasteiger partial charge >= 0.3 is 5.97 Å². The van der Waals surface area contributed by atoms with E-state index in [1.165, 1.54) is 19.2 Å². The van der Waals surface area contributed by atoms with Crippen molar-refractivity contribution in [3.63, 3.8) is 0 Å². The van der Waals surface area contributed by atoms with E-state index < -0.39 is 11.8 Å². The van der Waals surface area contributed by atoms with Gasteiger partial charge in [-0.15, -0.1) is 0 Å². The highest BCUT2D eigenvalue weighted by atomic mass is 19.1. The van der Waals surface area contributed by atoms with E-state index in [4.69, 9.17) is 0 Å². The molecule has 0 spiro atoms. The lowest BCUT2D eigenvalue weighted by Gasteiger charge is -2.20. The van der Waals surface area contributed by atoms with Crippen LogP contribution in [-0.2, 0) is 4.74 Å². The molecule has 1 rings (SSSR count). The predicted molar refractivity (Wildman–Crippen MR) is 75.0 cm³/mol. The number of nitrogens with one attached hydrogen (secondary N) is 1. The molecule has 0 radical (unpaired) electrons. The zero-order valence-corrected chi connectivity index (χ0v) is 11.8. The molecule has 0 saturated heterocycles. The van der Waals surface area contributed by atoms with Crippen molar-refractivity contribution in [2.45, 2.75) is 45.6 Å². The summed E-state index contributed by atoms with van der Waals surface area (Å²) in [6, 6.07) is 4.45. The van der Waals surface area contributed by atoms with Gasteiger partial charge in [0.25, 0.3) is 0 Å². The second-order valence-corrected chi connectivity index (χ2v) is 4.60. The highest BCUT2D eigenvalue weighted by molar-refractivity contribution is 5.95. The minimum atomic E-state index is -0.520. The molecule has 4 heteroatoms. The molecular formula is C15H22FNO2. The first kappa shape index (κ1) is 15.5. The third kappa shape index (κ3) is 4.54. The Hall–Kier alpha value is -1.58. The highest BCUT2D eigenvalue weighted by Gasteiger charge is 2.15. The molecule has 0 saturated carbocycles. The Morgan fingerprint density at radius 3 is 2.47 bits per heavy atom. The average molecular weight is 267 g/mol. The van der Waals surface area contributed by atoms with E-state index in [9.17, 15) is 9.18 Å². The Kier molecular flexibility index (Phi) is 6.33. The van der Waals surface area contributed by atoms with Crippen LogP contribution in [-0.4, -0.2) is 19.1 Å². The number of ether oxygens (including phenoxy) is 1. The fourth-order valence-electron chi connectivity index (χ4n) is 2.13. The Bertz CT molecular complexity index is 415. The maximum Gasteiger partial charge on any atom is 0.340 e. The quantitative estimate of drug-likeness (QED) is 0.759. The molecule has 0 bridgehead atoms. The number of hydrogen-bond acceptors (Lipinski definition) is 3. The van der Waals surface area contributed by atoms with Gasteiger partial charge < -0.3 is 10.1 Å². The normalized spacial score (nSPS) is 10.6. The SMILES string of the molecule is CCCC(CCC)Nc1ccc(F)cc1C(=O)OC. The van der Waals surface area contributed by atoms with E-state index in [1.807, 2.05) is 0 Å². The molecular weight excluding hydrogens is 245 g/mol. The standard InChI is InChI=1S/C15H22FNO2/c1-4-6-12(7-5-2)17-14-9-8-11(16)10-13(14)15(18)19-3/h8-10,12,17H,4-7H2,1-3H3. The maximum absolute atomic E-state index is 13.2. The first-order valence-electron chi connectivity index (χ1n) is 6.76. The molecule has 0 aliphatic heterocycles. The summed E-state index contributed by atoms with van der Waals surface area (Å²) in [5.74, 6) is -0.956. The molecule has 19 heavy (non-hydrogen) atoms. The number of rotatable bonds is 7. The number of halogens is 1. The minimum Gasteiger partial charge on any atom is -0.465 e. The van der Waals surface area contributed by atoms with E-state index in [0.717, 1.165) is 25.7 Å². The topological polar surface area (TPSA) is 38.3 Å². The van der Waals surface area contributed by atoms with Crippen LogP contribution in [0.5, 0.6) is 0 Å².